The van der Waals surface area contributed by atoms with Crippen LogP contribution in [0.5, 0.6) is 11.5 Å². The average Bonchev–Trinajstić information content (AvgIpc) is 2.52. The first-order chi connectivity index (χ1) is 11.6. The molecular formula is C15H12F3N3O4. The Morgan fingerprint density at radius 1 is 1.20 bits per heavy atom. The molecule has 0 aliphatic rings. The fraction of sp³-hybridized carbons (Fsp3) is 0.133. The second kappa shape index (κ2) is 6.67. The number of nitrogens with zero attached hydrogens (tertiary/aromatic N) is 3. The molecule has 25 heavy (non-hydrogen) atoms. The summed E-state index contributed by atoms with van der Waals surface area (Å²) in [5, 5.41) is 34.8. The molecule has 0 aliphatic heterocycles. The third-order valence-electron chi connectivity index (χ3n) is 3.23. The summed E-state index contributed by atoms with van der Waals surface area (Å²) in [6, 6.07) is 5.80. The first-order valence-corrected chi connectivity index (χ1v) is 6.75. The van der Waals surface area contributed by atoms with Gasteiger partial charge in [-0.1, -0.05) is 0 Å². The van der Waals surface area contributed by atoms with Gasteiger partial charge in [0.2, 0.25) is 0 Å². The Morgan fingerprint density at radius 2 is 1.88 bits per heavy atom. The van der Waals surface area contributed by atoms with Gasteiger partial charge in [-0.15, -0.1) is 0 Å². The molecule has 0 heterocycles. The van der Waals surface area contributed by atoms with Crippen molar-refractivity contribution in [1.29, 1.82) is 0 Å². The van der Waals surface area contributed by atoms with E-state index in [0.29, 0.717) is 12.1 Å². The molecular weight excluding hydrogens is 343 g/mol. The lowest BCUT2D eigenvalue weighted by molar-refractivity contribution is -0.384. The topological polar surface area (TPSA) is 99.2 Å². The zero-order chi connectivity index (χ0) is 18.8. The molecule has 132 valence electrons. The van der Waals surface area contributed by atoms with Crippen LogP contribution in [0.4, 0.5) is 24.5 Å². The smallest absolute Gasteiger partial charge is 0.416 e. The van der Waals surface area contributed by atoms with Crippen LogP contribution in [0.15, 0.2) is 41.5 Å². The molecule has 2 aromatic carbocycles. The summed E-state index contributed by atoms with van der Waals surface area (Å²) in [7, 11) is 1.31. The molecule has 0 saturated carbocycles. The molecule has 10 heteroatoms. The number of nitro groups is 1. The van der Waals surface area contributed by atoms with E-state index < -0.39 is 22.4 Å². The number of nitro benzene ring substituents is 1. The summed E-state index contributed by atoms with van der Waals surface area (Å²) in [6.07, 6.45) is -3.56. The molecule has 0 unspecified atom stereocenters. The van der Waals surface area contributed by atoms with Crippen molar-refractivity contribution >= 4 is 17.6 Å². The number of benzene rings is 2. The molecule has 0 atom stereocenters. The maximum absolute atomic E-state index is 12.7. The van der Waals surface area contributed by atoms with Gasteiger partial charge in [-0.2, -0.15) is 18.3 Å². The molecule has 0 spiro atoms. The molecule has 0 amide bonds. The van der Waals surface area contributed by atoms with Crippen molar-refractivity contribution in [3.05, 3.63) is 57.6 Å². The Labute approximate surface area is 139 Å². The van der Waals surface area contributed by atoms with Crippen LogP contribution in [-0.2, 0) is 6.18 Å². The highest BCUT2D eigenvalue weighted by Gasteiger charge is 2.33. The first kappa shape index (κ1) is 18.0. The molecule has 2 N–H and O–H groups in total. The van der Waals surface area contributed by atoms with E-state index in [4.69, 9.17) is 0 Å². The molecule has 0 aromatic heterocycles. The Bertz CT molecular complexity index is 837. The largest absolute Gasteiger partial charge is 0.508 e. The van der Waals surface area contributed by atoms with Crippen LogP contribution in [0.2, 0.25) is 0 Å². The van der Waals surface area contributed by atoms with E-state index in [9.17, 15) is 33.5 Å². The first-order valence-electron chi connectivity index (χ1n) is 6.75. The maximum atomic E-state index is 12.7. The molecule has 2 rings (SSSR count). The Balaban J connectivity index is 2.36. The molecule has 2 aromatic rings. The number of hydrazone groups is 1. The highest BCUT2D eigenvalue weighted by atomic mass is 19.4. The van der Waals surface area contributed by atoms with Gasteiger partial charge in [0.05, 0.1) is 16.7 Å². The second-order valence-corrected chi connectivity index (χ2v) is 4.97. The lowest BCUT2D eigenvalue weighted by Crippen LogP contribution is -2.13. The van der Waals surface area contributed by atoms with Gasteiger partial charge in [0.25, 0.3) is 5.69 Å². The molecule has 0 fully saturated rings. The molecule has 0 saturated heterocycles. The molecule has 0 aliphatic carbocycles. The van der Waals surface area contributed by atoms with Gasteiger partial charge >= 0.3 is 6.18 Å². The molecule has 0 bridgehead atoms. The van der Waals surface area contributed by atoms with E-state index in [0.717, 1.165) is 23.4 Å². The average molecular weight is 355 g/mol. The van der Waals surface area contributed by atoms with Gasteiger partial charge in [0.15, 0.2) is 0 Å². The summed E-state index contributed by atoms with van der Waals surface area (Å²) in [6.45, 7) is 0. The van der Waals surface area contributed by atoms with Gasteiger partial charge in [0.1, 0.15) is 17.2 Å². The SMILES string of the molecule is CN(/N=C/c1ccc(O)cc1O)c1ccc(C(F)(F)F)cc1[N+](=O)[O-]. The minimum atomic E-state index is -4.71. The van der Waals surface area contributed by atoms with Gasteiger partial charge in [-0.25, -0.2) is 0 Å². The van der Waals surface area contributed by atoms with E-state index in [1.807, 2.05) is 0 Å². The van der Waals surface area contributed by atoms with E-state index in [2.05, 4.69) is 5.10 Å². The van der Waals surface area contributed by atoms with Crippen LogP contribution >= 0.6 is 0 Å². The van der Waals surface area contributed by atoms with Crippen molar-refractivity contribution in [2.75, 3.05) is 12.1 Å². The normalized spacial score (nSPS) is 11.7. The zero-order valence-electron chi connectivity index (χ0n) is 12.7. The molecule has 0 radical (unpaired) electrons. The van der Waals surface area contributed by atoms with Crippen LogP contribution in [0.3, 0.4) is 0 Å². The number of anilines is 1. The number of phenolic OH excluding ortho intramolecular Hbond substituents is 2. The van der Waals surface area contributed by atoms with Crippen molar-refractivity contribution in [3.8, 4) is 11.5 Å². The van der Waals surface area contributed by atoms with Gasteiger partial charge < -0.3 is 10.2 Å². The van der Waals surface area contributed by atoms with E-state index in [-0.39, 0.29) is 22.7 Å². The Morgan fingerprint density at radius 3 is 2.44 bits per heavy atom. The van der Waals surface area contributed by atoms with Gasteiger partial charge in [-0.3, -0.25) is 15.1 Å². The quantitative estimate of drug-likeness (QED) is 0.497. The number of halogens is 3. The van der Waals surface area contributed by atoms with Crippen LogP contribution in [0, 0.1) is 10.1 Å². The Hall–Kier alpha value is -3.30. The summed E-state index contributed by atoms with van der Waals surface area (Å²) in [4.78, 5) is 10.1. The third-order valence-corrected chi connectivity index (χ3v) is 3.23. The van der Waals surface area contributed by atoms with Crippen molar-refractivity contribution in [1.82, 2.24) is 0 Å². The monoisotopic (exact) mass is 355 g/mol. The number of hydrogen-bond donors (Lipinski definition) is 2. The minimum Gasteiger partial charge on any atom is -0.508 e. The summed E-state index contributed by atoms with van der Waals surface area (Å²) < 4.78 is 38.1. The van der Waals surface area contributed by atoms with Crippen molar-refractivity contribution in [3.63, 3.8) is 0 Å². The highest BCUT2D eigenvalue weighted by Crippen LogP contribution is 2.36. The fourth-order valence-corrected chi connectivity index (χ4v) is 1.97. The van der Waals surface area contributed by atoms with Crippen molar-refractivity contribution in [2.45, 2.75) is 6.18 Å². The van der Waals surface area contributed by atoms with E-state index >= 15 is 0 Å². The number of hydrogen-bond acceptors (Lipinski definition) is 6. The fourth-order valence-electron chi connectivity index (χ4n) is 1.97. The predicted octanol–water partition coefficient (Wildman–Crippen LogP) is 3.50. The summed E-state index contributed by atoms with van der Waals surface area (Å²) in [5.74, 6) is -0.444. The second-order valence-electron chi connectivity index (χ2n) is 4.97. The third kappa shape index (κ3) is 4.16. The van der Waals surface area contributed by atoms with E-state index in [1.54, 1.807) is 0 Å². The predicted molar refractivity (Wildman–Crippen MR) is 83.9 cm³/mol. The number of alkyl halides is 3. The number of phenols is 2. The number of aromatic hydroxyl groups is 2. The van der Waals surface area contributed by atoms with Crippen LogP contribution in [-0.4, -0.2) is 28.4 Å². The standard InChI is InChI=1S/C15H12F3N3O4/c1-20(19-8-9-2-4-11(22)7-14(9)23)12-5-3-10(15(16,17)18)6-13(12)21(24)25/h2-8,22-23H,1H3/b19-8+. The van der Waals surface area contributed by atoms with E-state index in [1.165, 1.54) is 19.2 Å². The van der Waals surface area contributed by atoms with Crippen LogP contribution in [0.25, 0.3) is 0 Å². The summed E-state index contributed by atoms with van der Waals surface area (Å²) in [5.41, 5.74) is -1.85. The van der Waals surface area contributed by atoms with Gasteiger partial charge in [-0.05, 0) is 24.3 Å². The van der Waals surface area contributed by atoms with Crippen LogP contribution in [0.1, 0.15) is 11.1 Å². The summed E-state index contributed by atoms with van der Waals surface area (Å²) >= 11 is 0. The molecule has 7 nitrogen and oxygen atoms in total. The minimum absolute atomic E-state index is 0.160. The zero-order valence-corrected chi connectivity index (χ0v) is 12.7. The lowest BCUT2D eigenvalue weighted by atomic mass is 10.1. The van der Waals surface area contributed by atoms with Crippen molar-refractivity contribution in [2.24, 2.45) is 5.10 Å². The lowest BCUT2D eigenvalue weighted by Gasteiger charge is -2.15. The van der Waals surface area contributed by atoms with Gasteiger partial charge in [0, 0.05) is 24.7 Å². The Kier molecular flexibility index (Phi) is 4.82. The maximum Gasteiger partial charge on any atom is 0.416 e. The van der Waals surface area contributed by atoms with Crippen LogP contribution < -0.4 is 5.01 Å². The van der Waals surface area contributed by atoms with Crippen molar-refractivity contribution < 1.29 is 28.3 Å². The highest BCUT2D eigenvalue weighted by molar-refractivity contribution is 5.84. The number of rotatable bonds is 4.